The molecule has 0 saturated carbocycles. The largest absolute Gasteiger partial charge is 0.333 e. The Morgan fingerprint density at radius 1 is 1.35 bits per heavy atom. The molecule has 0 aliphatic carbocycles. The van der Waals surface area contributed by atoms with Gasteiger partial charge in [-0.15, -0.1) is 0 Å². The van der Waals surface area contributed by atoms with Crippen LogP contribution in [0, 0.1) is 5.92 Å². The lowest BCUT2D eigenvalue weighted by molar-refractivity contribution is -0.156. The summed E-state index contributed by atoms with van der Waals surface area (Å²) in [6, 6.07) is 0. The fraction of sp³-hybridized carbons (Fsp3) is 0.700. The lowest BCUT2D eigenvalue weighted by Gasteiger charge is -2.34. The number of likely N-dealkylation sites (N-methyl/N-ethyl adjacent to an activating group) is 1. The van der Waals surface area contributed by atoms with Crippen LogP contribution in [0.2, 0.25) is 0 Å². The molecule has 3 N–H and O–H groups in total. The summed E-state index contributed by atoms with van der Waals surface area (Å²) in [5.74, 6) is 3.19. The Balaban J connectivity index is 2.60. The van der Waals surface area contributed by atoms with Crippen molar-refractivity contribution in [2.24, 2.45) is 11.8 Å². The SMILES string of the molecule is CCN1CCN(CC(C)C(=O)NN)C(=O)C1=O. The zero-order chi connectivity index (χ0) is 13.0. The number of nitrogens with one attached hydrogen (secondary N) is 1. The summed E-state index contributed by atoms with van der Waals surface area (Å²) in [4.78, 5) is 37.4. The van der Waals surface area contributed by atoms with E-state index in [1.807, 2.05) is 12.3 Å². The Morgan fingerprint density at radius 2 is 1.88 bits per heavy atom. The van der Waals surface area contributed by atoms with E-state index >= 15 is 0 Å². The van der Waals surface area contributed by atoms with Crippen molar-refractivity contribution in [3.05, 3.63) is 0 Å². The van der Waals surface area contributed by atoms with Crippen molar-refractivity contribution in [2.45, 2.75) is 13.8 Å². The number of hydrogen-bond donors (Lipinski definition) is 2. The van der Waals surface area contributed by atoms with Gasteiger partial charge in [-0.25, -0.2) is 5.84 Å². The first-order chi connectivity index (χ1) is 8.01. The average molecular weight is 242 g/mol. The Kier molecular flexibility index (Phi) is 4.45. The van der Waals surface area contributed by atoms with Crippen molar-refractivity contribution in [3.8, 4) is 0 Å². The zero-order valence-electron chi connectivity index (χ0n) is 10.1. The molecule has 1 atom stereocenters. The molecule has 96 valence electrons. The van der Waals surface area contributed by atoms with Gasteiger partial charge in [-0.3, -0.25) is 19.8 Å². The zero-order valence-corrected chi connectivity index (χ0v) is 10.1. The van der Waals surface area contributed by atoms with Crippen LogP contribution in [-0.4, -0.2) is 53.7 Å². The van der Waals surface area contributed by atoms with Gasteiger partial charge in [-0.2, -0.15) is 0 Å². The van der Waals surface area contributed by atoms with Crippen LogP contribution in [-0.2, 0) is 14.4 Å². The van der Waals surface area contributed by atoms with Gasteiger partial charge in [0.2, 0.25) is 5.91 Å². The van der Waals surface area contributed by atoms with Crippen molar-refractivity contribution in [3.63, 3.8) is 0 Å². The predicted octanol–water partition coefficient (Wildman–Crippen LogP) is -1.70. The normalized spacial score (nSPS) is 18.3. The number of carbonyl (C=O) groups is 3. The van der Waals surface area contributed by atoms with Crippen LogP contribution in [0.5, 0.6) is 0 Å². The molecule has 1 fully saturated rings. The Bertz CT molecular complexity index is 332. The number of rotatable bonds is 4. The van der Waals surface area contributed by atoms with Crippen LogP contribution in [0.15, 0.2) is 0 Å². The molecular weight excluding hydrogens is 224 g/mol. The van der Waals surface area contributed by atoms with Crippen molar-refractivity contribution in [1.29, 1.82) is 0 Å². The van der Waals surface area contributed by atoms with Gasteiger partial charge < -0.3 is 9.80 Å². The number of nitrogens with zero attached hydrogens (tertiary/aromatic N) is 2. The predicted molar refractivity (Wildman–Crippen MR) is 60.3 cm³/mol. The lowest BCUT2D eigenvalue weighted by atomic mass is 10.1. The molecule has 1 rings (SSSR count). The summed E-state index contributed by atoms with van der Waals surface area (Å²) in [6.45, 7) is 5.19. The number of hydrazine groups is 1. The first-order valence-electron chi connectivity index (χ1n) is 5.59. The molecule has 0 aromatic heterocycles. The van der Waals surface area contributed by atoms with Gasteiger partial charge in [0, 0.05) is 26.2 Å². The van der Waals surface area contributed by atoms with E-state index in [1.54, 1.807) is 6.92 Å². The maximum atomic E-state index is 11.7. The van der Waals surface area contributed by atoms with E-state index in [0.717, 1.165) is 0 Å². The number of carbonyl (C=O) groups excluding carboxylic acids is 3. The highest BCUT2D eigenvalue weighted by Gasteiger charge is 2.32. The maximum Gasteiger partial charge on any atom is 0.312 e. The quantitative estimate of drug-likeness (QED) is 0.266. The minimum atomic E-state index is -0.547. The molecule has 0 aromatic rings. The summed E-state index contributed by atoms with van der Waals surface area (Å²) in [5, 5.41) is 0. The van der Waals surface area contributed by atoms with Crippen LogP contribution in [0.1, 0.15) is 13.8 Å². The van der Waals surface area contributed by atoms with E-state index in [4.69, 9.17) is 5.84 Å². The number of piperazine rings is 1. The lowest BCUT2D eigenvalue weighted by Crippen LogP contribution is -2.55. The molecule has 1 heterocycles. The van der Waals surface area contributed by atoms with E-state index in [1.165, 1.54) is 9.80 Å². The minimum absolute atomic E-state index is 0.213. The van der Waals surface area contributed by atoms with Gasteiger partial charge in [-0.1, -0.05) is 6.92 Å². The molecule has 3 amide bonds. The smallest absolute Gasteiger partial charge is 0.312 e. The van der Waals surface area contributed by atoms with Gasteiger partial charge in [0.1, 0.15) is 0 Å². The van der Waals surface area contributed by atoms with Gasteiger partial charge >= 0.3 is 11.8 Å². The standard InChI is InChI=1S/C10H18N4O3/c1-3-13-4-5-14(10(17)9(13)16)6-7(2)8(15)12-11/h7H,3-6,11H2,1-2H3,(H,12,15). The third-order valence-corrected chi connectivity index (χ3v) is 2.86. The van der Waals surface area contributed by atoms with Crippen LogP contribution in [0.25, 0.3) is 0 Å². The molecule has 1 aliphatic heterocycles. The summed E-state index contributed by atoms with van der Waals surface area (Å²) < 4.78 is 0. The molecule has 1 saturated heterocycles. The second-order valence-corrected chi connectivity index (χ2v) is 4.05. The number of hydrogen-bond acceptors (Lipinski definition) is 4. The van der Waals surface area contributed by atoms with E-state index in [2.05, 4.69) is 0 Å². The molecule has 0 aromatic carbocycles. The van der Waals surface area contributed by atoms with Crippen LogP contribution >= 0.6 is 0 Å². The summed E-state index contributed by atoms with van der Waals surface area (Å²) >= 11 is 0. The molecular formula is C10H18N4O3. The highest BCUT2D eigenvalue weighted by atomic mass is 16.2. The molecule has 0 spiro atoms. The van der Waals surface area contributed by atoms with Crippen molar-refractivity contribution in [1.82, 2.24) is 15.2 Å². The summed E-state index contributed by atoms with van der Waals surface area (Å²) in [5.41, 5.74) is 2.03. The molecule has 0 radical (unpaired) electrons. The van der Waals surface area contributed by atoms with Crippen LogP contribution in [0.4, 0.5) is 0 Å². The van der Waals surface area contributed by atoms with Gasteiger partial charge in [0.25, 0.3) is 0 Å². The Morgan fingerprint density at radius 3 is 2.41 bits per heavy atom. The molecule has 1 unspecified atom stereocenters. The van der Waals surface area contributed by atoms with E-state index in [0.29, 0.717) is 19.6 Å². The third-order valence-electron chi connectivity index (χ3n) is 2.86. The van der Waals surface area contributed by atoms with Crippen LogP contribution < -0.4 is 11.3 Å². The molecule has 17 heavy (non-hydrogen) atoms. The van der Waals surface area contributed by atoms with E-state index < -0.39 is 17.7 Å². The monoisotopic (exact) mass is 242 g/mol. The average Bonchev–Trinajstić information content (AvgIpc) is 2.34. The second kappa shape index (κ2) is 5.62. The van der Waals surface area contributed by atoms with Crippen molar-refractivity contribution in [2.75, 3.05) is 26.2 Å². The Labute approximate surface area is 99.9 Å². The van der Waals surface area contributed by atoms with Crippen molar-refractivity contribution >= 4 is 17.7 Å². The molecule has 0 bridgehead atoms. The van der Waals surface area contributed by atoms with E-state index in [9.17, 15) is 14.4 Å². The number of nitrogens with two attached hydrogens (primary N) is 1. The topological polar surface area (TPSA) is 95.7 Å². The highest BCUT2D eigenvalue weighted by molar-refractivity contribution is 6.35. The minimum Gasteiger partial charge on any atom is -0.333 e. The van der Waals surface area contributed by atoms with Gasteiger partial charge in [0.15, 0.2) is 0 Å². The van der Waals surface area contributed by atoms with Gasteiger partial charge in [0.05, 0.1) is 5.92 Å². The number of amides is 3. The maximum absolute atomic E-state index is 11.7. The summed E-state index contributed by atoms with van der Waals surface area (Å²) in [7, 11) is 0. The fourth-order valence-electron chi connectivity index (χ4n) is 1.75. The molecule has 1 aliphatic rings. The second-order valence-electron chi connectivity index (χ2n) is 4.05. The first kappa shape index (κ1) is 13.4. The van der Waals surface area contributed by atoms with Gasteiger partial charge in [-0.05, 0) is 6.92 Å². The Hall–Kier alpha value is -1.63. The summed E-state index contributed by atoms with van der Waals surface area (Å²) in [6.07, 6.45) is 0. The van der Waals surface area contributed by atoms with Crippen LogP contribution in [0.3, 0.4) is 0 Å². The van der Waals surface area contributed by atoms with E-state index in [-0.39, 0.29) is 12.5 Å². The highest BCUT2D eigenvalue weighted by Crippen LogP contribution is 2.08. The third kappa shape index (κ3) is 2.94. The molecule has 7 nitrogen and oxygen atoms in total. The fourth-order valence-corrected chi connectivity index (χ4v) is 1.75. The van der Waals surface area contributed by atoms with Crippen molar-refractivity contribution < 1.29 is 14.4 Å². The first-order valence-corrected chi connectivity index (χ1v) is 5.59. The molecule has 7 heteroatoms.